The standard InChI is InChI=1S/C9H12N2O4S/c10-6-3-1-2-4-7(6)11-8(9(12)13)5-16(14)15/h1-4,8,11,16H,5,10H2,(H,12,13)/t8-/m0/s1. The topological polar surface area (TPSA) is 109 Å². The SMILES string of the molecule is Nc1ccccc1N[C@@H](C[SH](=O)=O)C(=O)O. The molecule has 1 aromatic rings. The number of nitrogens with one attached hydrogen (secondary N) is 1. The van der Waals surface area contributed by atoms with E-state index in [0.717, 1.165) is 0 Å². The maximum Gasteiger partial charge on any atom is 0.327 e. The molecule has 1 rings (SSSR count). The summed E-state index contributed by atoms with van der Waals surface area (Å²) in [5, 5.41) is 11.4. The average Bonchev–Trinajstić information content (AvgIpc) is 2.19. The van der Waals surface area contributed by atoms with Crippen LogP contribution in [0.5, 0.6) is 0 Å². The van der Waals surface area contributed by atoms with Gasteiger partial charge in [-0.25, -0.2) is 13.2 Å². The number of carboxylic acid groups (broad SMARTS) is 1. The molecular formula is C9H12N2O4S. The lowest BCUT2D eigenvalue weighted by atomic mass is 10.2. The van der Waals surface area contributed by atoms with Gasteiger partial charge in [0.1, 0.15) is 16.7 Å². The second kappa shape index (κ2) is 5.36. The fourth-order valence-corrected chi connectivity index (χ4v) is 1.70. The summed E-state index contributed by atoms with van der Waals surface area (Å²) in [7, 11) is -2.76. The molecule has 1 aromatic carbocycles. The number of hydrogen-bond donors (Lipinski definition) is 4. The first-order valence-electron chi connectivity index (χ1n) is 4.46. The first-order chi connectivity index (χ1) is 7.50. The van der Waals surface area contributed by atoms with E-state index in [1.54, 1.807) is 24.3 Å². The molecule has 0 unspecified atom stereocenters. The predicted molar refractivity (Wildman–Crippen MR) is 61.1 cm³/mol. The Hall–Kier alpha value is -1.76. The van der Waals surface area contributed by atoms with Crippen LogP contribution in [0.3, 0.4) is 0 Å². The molecule has 0 bridgehead atoms. The average molecular weight is 244 g/mol. The summed E-state index contributed by atoms with van der Waals surface area (Å²) in [6.45, 7) is 0. The van der Waals surface area contributed by atoms with Crippen LogP contribution in [-0.2, 0) is 15.5 Å². The number of hydrogen-bond acceptors (Lipinski definition) is 5. The van der Waals surface area contributed by atoms with Crippen LogP contribution < -0.4 is 11.1 Å². The monoisotopic (exact) mass is 244 g/mol. The number of nitrogens with two attached hydrogens (primary N) is 1. The Kier molecular flexibility index (Phi) is 4.12. The normalized spacial score (nSPS) is 12.3. The Morgan fingerprint density at radius 2 is 2.06 bits per heavy atom. The Morgan fingerprint density at radius 1 is 1.44 bits per heavy atom. The molecule has 0 aliphatic carbocycles. The van der Waals surface area contributed by atoms with E-state index in [1.807, 2.05) is 0 Å². The molecule has 0 aliphatic heterocycles. The summed E-state index contributed by atoms with van der Waals surface area (Å²) in [5.74, 6) is -1.71. The molecule has 0 saturated carbocycles. The number of carboxylic acids is 1. The smallest absolute Gasteiger partial charge is 0.327 e. The van der Waals surface area contributed by atoms with E-state index in [-0.39, 0.29) is 0 Å². The number of para-hydroxylation sites is 2. The van der Waals surface area contributed by atoms with Gasteiger partial charge in [0.2, 0.25) is 0 Å². The number of carbonyl (C=O) groups is 1. The molecule has 0 aliphatic rings. The molecule has 6 nitrogen and oxygen atoms in total. The van der Waals surface area contributed by atoms with Crippen LogP contribution in [0.2, 0.25) is 0 Å². The number of benzene rings is 1. The number of nitrogen functional groups attached to an aromatic ring is 1. The van der Waals surface area contributed by atoms with Gasteiger partial charge in [0.15, 0.2) is 0 Å². The van der Waals surface area contributed by atoms with Crippen molar-refractivity contribution in [2.75, 3.05) is 16.8 Å². The fraction of sp³-hybridized carbons (Fsp3) is 0.222. The molecule has 88 valence electrons. The number of aliphatic carboxylic acids is 1. The molecule has 4 N–H and O–H groups in total. The van der Waals surface area contributed by atoms with Crippen molar-refractivity contribution >= 4 is 28.0 Å². The van der Waals surface area contributed by atoms with Gasteiger partial charge in [-0.15, -0.1) is 0 Å². The van der Waals surface area contributed by atoms with Crippen LogP contribution in [0.25, 0.3) is 0 Å². The lowest BCUT2D eigenvalue weighted by Gasteiger charge is -2.14. The third-order valence-electron chi connectivity index (χ3n) is 1.92. The molecule has 16 heavy (non-hydrogen) atoms. The highest BCUT2D eigenvalue weighted by Crippen LogP contribution is 2.17. The van der Waals surface area contributed by atoms with E-state index < -0.39 is 28.5 Å². The highest BCUT2D eigenvalue weighted by molar-refractivity contribution is 7.72. The second-order valence-corrected chi connectivity index (χ2v) is 4.17. The highest BCUT2D eigenvalue weighted by Gasteiger charge is 2.18. The van der Waals surface area contributed by atoms with Gasteiger partial charge in [-0.05, 0) is 12.1 Å². The van der Waals surface area contributed by atoms with Crippen molar-refractivity contribution in [3.05, 3.63) is 24.3 Å². The summed E-state index contributed by atoms with van der Waals surface area (Å²) in [5.41, 5.74) is 6.37. The minimum absolute atomic E-state index is 0.370. The van der Waals surface area contributed by atoms with Crippen molar-refractivity contribution in [1.29, 1.82) is 0 Å². The van der Waals surface area contributed by atoms with Gasteiger partial charge in [0.05, 0.1) is 17.1 Å². The van der Waals surface area contributed by atoms with Crippen LogP contribution in [-0.4, -0.2) is 31.3 Å². The first kappa shape index (κ1) is 12.3. The van der Waals surface area contributed by atoms with E-state index in [2.05, 4.69) is 5.32 Å². The predicted octanol–water partition coefficient (Wildman–Crippen LogP) is -0.255. The maximum absolute atomic E-state index is 10.8. The quantitative estimate of drug-likeness (QED) is 0.420. The third-order valence-corrected chi connectivity index (χ3v) is 2.58. The molecule has 1 atom stereocenters. The molecule has 0 fully saturated rings. The van der Waals surface area contributed by atoms with E-state index >= 15 is 0 Å². The summed E-state index contributed by atoms with van der Waals surface area (Å²) < 4.78 is 21.0. The summed E-state index contributed by atoms with van der Waals surface area (Å²) in [6.07, 6.45) is 0. The number of anilines is 2. The van der Waals surface area contributed by atoms with E-state index in [4.69, 9.17) is 10.8 Å². The van der Waals surface area contributed by atoms with E-state index in [9.17, 15) is 13.2 Å². The van der Waals surface area contributed by atoms with Crippen LogP contribution >= 0.6 is 0 Å². The molecule has 0 aromatic heterocycles. The molecule has 0 saturated heterocycles. The summed E-state index contributed by atoms with van der Waals surface area (Å²) in [6, 6.07) is 5.37. The van der Waals surface area contributed by atoms with Crippen LogP contribution in [0.4, 0.5) is 11.4 Å². The molecule has 0 radical (unpaired) electrons. The number of rotatable bonds is 5. The Balaban J connectivity index is 2.84. The Bertz CT molecular complexity index is 451. The maximum atomic E-state index is 10.8. The third kappa shape index (κ3) is 3.43. The largest absolute Gasteiger partial charge is 0.480 e. The Labute approximate surface area is 94.0 Å². The van der Waals surface area contributed by atoms with Gasteiger partial charge in [-0.1, -0.05) is 12.1 Å². The lowest BCUT2D eigenvalue weighted by molar-refractivity contribution is -0.137. The van der Waals surface area contributed by atoms with Crippen molar-refractivity contribution in [2.24, 2.45) is 0 Å². The zero-order valence-corrected chi connectivity index (χ0v) is 9.18. The molecule has 7 heteroatoms. The summed E-state index contributed by atoms with van der Waals surface area (Å²) >= 11 is 0. The van der Waals surface area contributed by atoms with Crippen molar-refractivity contribution in [2.45, 2.75) is 6.04 Å². The fourth-order valence-electron chi connectivity index (χ4n) is 1.15. The van der Waals surface area contributed by atoms with Crippen LogP contribution in [0.1, 0.15) is 0 Å². The molecule has 0 spiro atoms. The Morgan fingerprint density at radius 3 is 2.56 bits per heavy atom. The van der Waals surface area contributed by atoms with E-state index in [0.29, 0.717) is 11.4 Å². The highest BCUT2D eigenvalue weighted by atomic mass is 32.2. The van der Waals surface area contributed by atoms with Gasteiger partial charge in [0.25, 0.3) is 0 Å². The minimum atomic E-state index is -2.76. The zero-order chi connectivity index (χ0) is 12.1. The minimum Gasteiger partial charge on any atom is -0.480 e. The van der Waals surface area contributed by atoms with Gasteiger partial charge in [-0.2, -0.15) is 0 Å². The lowest BCUT2D eigenvalue weighted by Crippen LogP contribution is -2.33. The first-order valence-corrected chi connectivity index (χ1v) is 5.82. The zero-order valence-electron chi connectivity index (χ0n) is 8.29. The summed E-state index contributed by atoms with van der Waals surface area (Å²) in [4.78, 5) is 10.8. The number of thiol groups is 1. The van der Waals surface area contributed by atoms with Crippen molar-refractivity contribution in [1.82, 2.24) is 0 Å². The van der Waals surface area contributed by atoms with Gasteiger partial charge >= 0.3 is 5.97 Å². The van der Waals surface area contributed by atoms with Gasteiger partial charge in [-0.3, -0.25) is 0 Å². The van der Waals surface area contributed by atoms with Crippen molar-refractivity contribution in [3.63, 3.8) is 0 Å². The van der Waals surface area contributed by atoms with Crippen molar-refractivity contribution in [3.8, 4) is 0 Å². The van der Waals surface area contributed by atoms with Crippen LogP contribution in [0.15, 0.2) is 24.3 Å². The molecular weight excluding hydrogens is 232 g/mol. The second-order valence-electron chi connectivity index (χ2n) is 3.14. The molecule has 0 heterocycles. The van der Waals surface area contributed by atoms with Crippen LogP contribution in [0, 0.1) is 0 Å². The molecule has 0 amide bonds. The van der Waals surface area contributed by atoms with Gasteiger partial charge < -0.3 is 16.2 Å². The van der Waals surface area contributed by atoms with Gasteiger partial charge in [0, 0.05) is 0 Å². The van der Waals surface area contributed by atoms with Crippen molar-refractivity contribution < 1.29 is 18.3 Å². The van der Waals surface area contributed by atoms with E-state index in [1.165, 1.54) is 0 Å².